The van der Waals surface area contributed by atoms with Crippen LogP contribution < -0.4 is 10.7 Å². The van der Waals surface area contributed by atoms with Gasteiger partial charge in [-0.15, -0.1) is 5.10 Å². The fourth-order valence-electron chi connectivity index (χ4n) is 2.99. The van der Waals surface area contributed by atoms with Crippen LogP contribution in [0.4, 0.5) is 19.1 Å². The lowest BCUT2D eigenvalue weighted by molar-refractivity contribution is -0.156. The molecule has 156 valence electrons. The molecule has 1 atom stereocenters. The molecule has 13 heteroatoms. The van der Waals surface area contributed by atoms with Crippen LogP contribution in [0.15, 0.2) is 45.7 Å². The number of hydrogen-bond donors (Lipinski definition) is 3. The normalized spacial score (nSPS) is 18.8. The highest BCUT2D eigenvalue weighted by atomic mass is 19.4. The number of H-pyrrole nitrogens is 1. The zero-order valence-electron chi connectivity index (χ0n) is 15.8. The van der Waals surface area contributed by atoms with Crippen molar-refractivity contribution in [3.63, 3.8) is 0 Å². The molecule has 4 heterocycles. The second-order valence-electron chi connectivity index (χ2n) is 6.55. The molecule has 2 aromatic rings. The zero-order chi connectivity index (χ0) is 21.5. The van der Waals surface area contributed by atoms with Gasteiger partial charge in [-0.3, -0.25) is 20.2 Å². The molecule has 0 aromatic carbocycles. The first-order chi connectivity index (χ1) is 14.2. The standard InChI is InChI=1S/C17H16F3N9O/c1-8-10(9(2)29-16(22-8)25-14(28-29)17(18,19)20)7-12(30)23-15-24-13(26-27-15)11-5-3-4-6-21-11/h3-6,14,28H,7H2,1-2H3,(H2,23,24,26,27,30). The highest BCUT2D eigenvalue weighted by Crippen LogP contribution is 2.29. The van der Waals surface area contributed by atoms with Crippen molar-refractivity contribution in [3.8, 4) is 11.5 Å². The first-order valence-electron chi connectivity index (χ1n) is 8.82. The third kappa shape index (κ3) is 3.78. The van der Waals surface area contributed by atoms with Gasteiger partial charge in [-0.05, 0) is 26.0 Å². The van der Waals surface area contributed by atoms with Gasteiger partial charge >= 0.3 is 6.18 Å². The SMILES string of the molecule is CC1=NC2=NC(C(F)(F)F)NN2C(C)=C1CC(=O)Nc1n[nH]c(-c2ccccn2)n1. The van der Waals surface area contributed by atoms with E-state index in [9.17, 15) is 18.0 Å². The molecule has 2 aliphatic rings. The summed E-state index contributed by atoms with van der Waals surface area (Å²) in [6.45, 7) is 3.20. The quantitative estimate of drug-likeness (QED) is 0.697. The smallest absolute Gasteiger partial charge is 0.293 e. The van der Waals surface area contributed by atoms with Crippen LogP contribution in [0.2, 0.25) is 0 Å². The molecule has 2 aromatic heterocycles. The van der Waals surface area contributed by atoms with E-state index in [1.807, 2.05) is 0 Å². The van der Waals surface area contributed by atoms with Gasteiger partial charge in [0, 0.05) is 23.2 Å². The molecule has 1 amide bonds. The molecule has 2 aliphatic heterocycles. The number of hydrazine groups is 1. The van der Waals surface area contributed by atoms with Crippen molar-refractivity contribution in [3.05, 3.63) is 35.7 Å². The highest BCUT2D eigenvalue weighted by molar-refractivity contribution is 6.12. The van der Waals surface area contributed by atoms with Gasteiger partial charge < -0.3 is 0 Å². The fourth-order valence-corrected chi connectivity index (χ4v) is 2.99. The van der Waals surface area contributed by atoms with Gasteiger partial charge in [-0.1, -0.05) is 6.07 Å². The van der Waals surface area contributed by atoms with Crippen molar-refractivity contribution in [2.75, 3.05) is 5.32 Å². The Hall–Kier alpha value is -3.61. The number of carbonyl (C=O) groups is 1. The number of halogens is 3. The highest BCUT2D eigenvalue weighted by Gasteiger charge is 2.46. The Balaban J connectivity index is 1.46. The molecule has 0 spiro atoms. The minimum absolute atomic E-state index is 0.0583. The Bertz CT molecular complexity index is 1070. The number of fused-ring (bicyclic) bond motifs is 1. The predicted octanol–water partition coefficient (Wildman–Crippen LogP) is 2.01. The summed E-state index contributed by atoms with van der Waals surface area (Å²) in [5, 5.41) is 10.3. The summed E-state index contributed by atoms with van der Waals surface area (Å²) >= 11 is 0. The Morgan fingerprint density at radius 3 is 2.80 bits per heavy atom. The summed E-state index contributed by atoms with van der Waals surface area (Å²) in [5.41, 5.74) is 4.10. The number of nitrogens with zero attached hydrogens (tertiary/aromatic N) is 6. The van der Waals surface area contributed by atoms with Crippen LogP contribution in [0.25, 0.3) is 11.5 Å². The minimum Gasteiger partial charge on any atom is -0.293 e. The summed E-state index contributed by atoms with van der Waals surface area (Å²) in [6, 6.07) is 5.28. The molecule has 10 nitrogen and oxygen atoms in total. The molecule has 0 saturated heterocycles. The van der Waals surface area contributed by atoms with Crippen molar-refractivity contribution in [1.29, 1.82) is 0 Å². The largest absolute Gasteiger partial charge is 0.425 e. The van der Waals surface area contributed by atoms with Crippen LogP contribution in [0.5, 0.6) is 0 Å². The maximum absolute atomic E-state index is 13.0. The summed E-state index contributed by atoms with van der Waals surface area (Å²) in [7, 11) is 0. The van der Waals surface area contributed by atoms with E-state index in [-0.39, 0.29) is 18.3 Å². The van der Waals surface area contributed by atoms with E-state index in [0.29, 0.717) is 28.5 Å². The predicted molar refractivity (Wildman–Crippen MR) is 101 cm³/mol. The maximum Gasteiger partial charge on any atom is 0.425 e. The summed E-state index contributed by atoms with van der Waals surface area (Å²) in [5.74, 6) is -0.0945. The van der Waals surface area contributed by atoms with Crippen molar-refractivity contribution >= 4 is 23.5 Å². The molecule has 0 radical (unpaired) electrons. The molecule has 0 bridgehead atoms. The van der Waals surface area contributed by atoms with E-state index in [1.54, 1.807) is 38.2 Å². The van der Waals surface area contributed by atoms with E-state index in [0.717, 1.165) is 5.01 Å². The van der Waals surface area contributed by atoms with Crippen LogP contribution >= 0.6 is 0 Å². The second kappa shape index (κ2) is 7.33. The number of amides is 1. The van der Waals surface area contributed by atoms with Gasteiger partial charge in [0.1, 0.15) is 5.69 Å². The van der Waals surface area contributed by atoms with E-state index in [2.05, 4.69) is 40.9 Å². The number of allylic oxidation sites excluding steroid dienone is 1. The number of guanidine groups is 1. The number of nitrogens with one attached hydrogen (secondary N) is 3. The van der Waals surface area contributed by atoms with Gasteiger partial charge in [0.25, 0.3) is 0 Å². The zero-order valence-corrected chi connectivity index (χ0v) is 15.8. The first-order valence-corrected chi connectivity index (χ1v) is 8.82. The lowest BCUT2D eigenvalue weighted by Gasteiger charge is -2.27. The summed E-state index contributed by atoms with van der Waals surface area (Å²) in [6.07, 6.45) is -5.16. The number of carbonyl (C=O) groups excluding carboxylic acids is 1. The first kappa shape index (κ1) is 19.7. The maximum atomic E-state index is 13.0. The molecule has 0 aliphatic carbocycles. The summed E-state index contributed by atoms with van der Waals surface area (Å²) < 4.78 is 38.9. The minimum atomic E-state index is -4.55. The van der Waals surface area contributed by atoms with Crippen LogP contribution in [-0.4, -0.2) is 55.1 Å². The van der Waals surface area contributed by atoms with Gasteiger partial charge in [0.2, 0.25) is 24.0 Å². The topological polar surface area (TPSA) is 124 Å². The number of aromatic amines is 1. The van der Waals surface area contributed by atoms with Gasteiger partial charge in [-0.25, -0.2) is 15.0 Å². The number of alkyl halides is 3. The number of aliphatic imine (C=N–C) groups is 2. The van der Waals surface area contributed by atoms with Crippen LogP contribution in [-0.2, 0) is 4.79 Å². The Kier molecular flexibility index (Phi) is 4.81. The van der Waals surface area contributed by atoms with Crippen molar-refractivity contribution in [2.24, 2.45) is 9.98 Å². The fraction of sp³-hybridized carbons (Fsp3) is 0.294. The number of hydrogen-bond acceptors (Lipinski definition) is 8. The van der Waals surface area contributed by atoms with Crippen LogP contribution in [0.1, 0.15) is 20.3 Å². The number of pyridine rings is 1. The van der Waals surface area contributed by atoms with E-state index < -0.39 is 18.2 Å². The van der Waals surface area contributed by atoms with Crippen LogP contribution in [0.3, 0.4) is 0 Å². The average Bonchev–Trinajstić information content (AvgIpc) is 3.33. The van der Waals surface area contributed by atoms with Gasteiger partial charge in [-0.2, -0.15) is 23.6 Å². The van der Waals surface area contributed by atoms with Crippen molar-refractivity contribution in [1.82, 2.24) is 30.6 Å². The Morgan fingerprint density at radius 2 is 2.10 bits per heavy atom. The van der Waals surface area contributed by atoms with E-state index in [4.69, 9.17) is 0 Å². The van der Waals surface area contributed by atoms with Crippen LogP contribution in [0, 0.1) is 0 Å². The molecule has 30 heavy (non-hydrogen) atoms. The third-order valence-electron chi connectivity index (χ3n) is 4.46. The molecular weight excluding hydrogens is 403 g/mol. The third-order valence-corrected chi connectivity index (χ3v) is 4.46. The lowest BCUT2D eigenvalue weighted by Crippen LogP contribution is -2.46. The molecule has 0 fully saturated rings. The molecule has 1 unspecified atom stereocenters. The molecule has 3 N–H and O–H groups in total. The van der Waals surface area contributed by atoms with E-state index in [1.165, 1.54) is 0 Å². The molecule has 4 rings (SSSR count). The number of anilines is 1. The Labute approximate surface area is 168 Å². The second-order valence-corrected chi connectivity index (χ2v) is 6.55. The van der Waals surface area contributed by atoms with E-state index >= 15 is 0 Å². The lowest BCUT2D eigenvalue weighted by atomic mass is 10.0. The van der Waals surface area contributed by atoms with Crippen molar-refractivity contribution < 1.29 is 18.0 Å². The van der Waals surface area contributed by atoms with Gasteiger partial charge in [0.05, 0.1) is 6.42 Å². The average molecular weight is 419 g/mol. The van der Waals surface area contributed by atoms with Gasteiger partial charge in [0.15, 0.2) is 5.82 Å². The number of aromatic nitrogens is 4. The Morgan fingerprint density at radius 1 is 1.30 bits per heavy atom. The van der Waals surface area contributed by atoms with Crippen molar-refractivity contribution in [2.45, 2.75) is 32.6 Å². The monoisotopic (exact) mass is 419 g/mol. The molecule has 0 saturated carbocycles. The summed E-state index contributed by atoms with van der Waals surface area (Å²) in [4.78, 5) is 28.4. The number of rotatable bonds is 4. The molecular formula is C17H16F3N9O.